The summed E-state index contributed by atoms with van der Waals surface area (Å²) in [5, 5.41) is 9.43. The number of aromatic carboxylic acids is 1. The van der Waals surface area contributed by atoms with Crippen molar-refractivity contribution in [1.82, 2.24) is 14.5 Å². The van der Waals surface area contributed by atoms with E-state index in [4.69, 9.17) is 13.9 Å². The third-order valence-corrected chi connectivity index (χ3v) is 7.08. The summed E-state index contributed by atoms with van der Waals surface area (Å²) in [5.74, 6) is -2.28. The molecule has 0 aliphatic carbocycles. The van der Waals surface area contributed by atoms with Crippen molar-refractivity contribution in [2.45, 2.75) is 38.3 Å². The maximum Gasteiger partial charge on any atom is 0.419 e. The lowest BCUT2D eigenvalue weighted by atomic mass is 10.0. The van der Waals surface area contributed by atoms with E-state index in [1.807, 2.05) is 0 Å². The number of pyridine rings is 1. The number of halogens is 5. The van der Waals surface area contributed by atoms with Gasteiger partial charge in [0.25, 0.3) is 0 Å². The van der Waals surface area contributed by atoms with Gasteiger partial charge in [0.2, 0.25) is 5.88 Å². The Morgan fingerprint density at radius 2 is 1.88 bits per heavy atom. The van der Waals surface area contributed by atoms with Crippen molar-refractivity contribution in [2.75, 3.05) is 6.61 Å². The monoisotopic (exact) mass is 599 g/mol. The van der Waals surface area contributed by atoms with Gasteiger partial charge in [-0.1, -0.05) is 6.07 Å². The van der Waals surface area contributed by atoms with Crippen molar-refractivity contribution in [3.63, 3.8) is 0 Å². The smallest absolute Gasteiger partial charge is 0.419 e. The number of benzene rings is 2. The van der Waals surface area contributed by atoms with Crippen molar-refractivity contribution in [3.05, 3.63) is 101 Å². The minimum atomic E-state index is -4.56. The van der Waals surface area contributed by atoms with Crippen LogP contribution >= 0.6 is 0 Å². The fourth-order valence-corrected chi connectivity index (χ4v) is 4.76. The summed E-state index contributed by atoms with van der Waals surface area (Å²) in [6.07, 6.45) is -3.36. The molecule has 1 N–H and O–H groups in total. The SMILES string of the molecule is O=C(O)c1ccc2nc(Cc3cc(F)c(-c4cccc(OCc5cc(C(F)(F)F)co5)n4)cc3F)n(C[C@@H]3CCO3)c2c1. The first kappa shape index (κ1) is 28.3. The predicted octanol–water partition coefficient (Wildman–Crippen LogP) is 6.65. The molecule has 1 aliphatic rings. The third-order valence-electron chi connectivity index (χ3n) is 7.08. The predicted molar refractivity (Wildman–Crippen MR) is 141 cm³/mol. The normalized spacial score (nSPS) is 15.0. The Kier molecular flexibility index (Phi) is 7.34. The molecular weight excluding hydrogens is 577 g/mol. The van der Waals surface area contributed by atoms with Crippen molar-refractivity contribution in [2.24, 2.45) is 0 Å². The molecule has 0 spiro atoms. The van der Waals surface area contributed by atoms with Crippen LogP contribution in [0, 0.1) is 11.6 Å². The van der Waals surface area contributed by atoms with Crippen LogP contribution in [-0.4, -0.2) is 38.3 Å². The summed E-state index contributed by atoms with van der Waals surface area (Å²) < 4.78 is 86.7. The number of alkyl halides is 3. The first-order valence-corrected chi connectivity index (χ1v) is 13.1. The Morgan fingerprint density at radius 1 is 1.07 bits per heavy atom. The lowest BCUT2D eigenvalue weighted by Crippen LogP contribution is -2.31. The van der Waals surface area contributed by atoms with E-state index in [1.165, 1.54) is 30.3 Å². The van der Waals surface area contributed by atoms with Crippen molar-refractivity contribution < 1.29 is 45.7 Å². The van der Waals surface area contributed by atoms with Crippen molar-refractivity contribution in [1.29, 1.82) is 0 Å². The average Bonchev–Trinajstić information content (AvgIpc) is 3.56. The number of aromatic nitrogens is 3. The average molecular weight is 600 g/mol. The summed E-state index contributed by atoms with van der Waals surface area (Å²) in [6.45, 7) is 0.628. The van der Waals surface area contributed by atoms with Crippen LogP contribution in [0.4, 0.5) is 22.0 Å². The molecule has 8 nitrogen and oxygen atoms in total. The minimum absolute atomic E-state index is 0.0245. The van der Waals surface area contributed by atoms with Gasteiger partial charge in [0, 0.05) is 24.7 Å². The Hall–Kier alpha value is -4.78. The molecule has 4 heterocycles. The van der Waals surface area contributed by atoms with Gasteiger partial charge in [-0.25, -0.2) is 23.5 Å². The molecule has 2 aromatic carbocycles. The van der Waals surface area contributed by atoms with E-state index < -0.39 is 29.3 Å². The van der Waals surface area contributed by atoms with Crippen LogP contribution in [0.15, 0.2) is 65.3 Å². The Morgan fingerprint density at radius 3 is 2.58 bits per heavy atom. The number of hydrogen-bond acceptors (Lipinski definition) is 6. The molecule has 3 aromatic heterocycles. The van der Waals surface area contributed by atoms with Crippen LogP contribution in [0.5, 0.6) is 5.88 Å². The summed E-state index contributed by atoms with van der Waals surface area (Å²) in [4.78, 5) is 20.3. The quantitative estimate of drug-likeness (QED) is 0.190. The van der Waals surface area contributed by atoms with Gasteiger partial charge in [-0.3, -0.25) is 0 Å². The first-order valence-electron chi connectivity index (χ1n) is 13.1. The molecule has 0 saturated carbocycles. The number of ether oxygens (including phenoxy) is 2. The summed E-state index contributed by atoms with van der Waals surface area (Å²) in [5.41, 5.74) is 0.109. The lowest BCUT2D eigenvalue weighted by molar-refractivity contribution is -0.137. The topological polar surface area (TPSA) is 99.6 Å². The summed E-state index contributed by atoms with van der Waals surface area (Å²) >= 11 is 0. The number of fused-ring (bicyclic) bond motifs is 1. The molecular formula is C30H22F5N3O5. The summed E-state index contributed by atoms with van der Waals surface area (Å²) in [6, 6.07) is 11.7. The molecule has 1 saturated heterocycles. The number of carbonyl (C=O) groups is 1. The third kappa shape index (κ3) is 5.93. The van der Waals surface area contributed by atoms with E-state index in [-0.39, 0.29) is 53.2 Å². The van der Waals surface area contributed by atoms with Gasteiger partial charge in [0.1, 0.15) is 36.1 Å². The van der Waals surface area contributed by atoms with E-state index in [0.717, 1.165) is 24.6 Å². The van der Waals surface area contributed by atoms with Crippen LogP contribution in [0.3, 0.4) is 0 Å². The largest absolute Gasteiger partial charge is 0.478 e. The van der Waals surface area contributed by atoms with E-state index in [1.54, 1.807) is 10.6 Å². The van der Waals surface area contributed by atoms with Crippen LogP contribution in [0.25, 0.3) is 22.3 Å². The number of carboxylic acid groups (broad SMARTS) is 1. The highest BCUT2D eigenvalue weighted by atomic mass is 19.4. The zero-order valence-electron chi connectivity index (χ0n) is 22.2. The standard InChI is InChI=1S/C30H22F5N3O5/c31-22-12-21(24-2-1-3-28(37-24)43-15-20-11-18(14-42-20)30(33,34)35)23(32)8-17(22)10-27-36-25-5-4-16(29(39)40)9-26(25)38(27)13-19-6-7-41-19/h1-5,8-9,11-12,14,19H,6-7,10,13,15H2,(H,39,40)/t19-/m0/s1. The molecule has 5 aromatic rings. The van der Waals surface area contributed by atoms with Crippen molar-refractivity contribution in [3.8, 4) is 17.1 Å². The van der Waals surface area contributed by atoms with Crippen LogP contribution in [-0.2, 0) is 30.5 Å². The van der Waals surface area contributed by atoms with Crippen LogP contribution < -0.4 is 4.74 Å². The van der Waals surface area contributed by atoms with Gasteiger partial charge in [0.05, 0.1) is 40.5 Å². The minimum Gasteiger partial charge on any atom is -0.478 e. The molecule has 0 bridgehead atoms. The Bertz CT molecular complexity index is 1830. The molecule has 6 rings (SSSR count). The van der Waals surface area contributed by atoms with E-state index >= 15 is 8.78 Å². The van der Waals surface area contributed by atoms with Gasteiger partial charge >= 0.3 is 12.1 Å². The number of rotatable bonds is 9. The van der Waals surface area contributed by atoms with Gasteiger partial charge in [-0.05, 0) is 54.4 Å². The Labute approximate surface area is 240 Å². The van der Waals surface area contributed by atoms with Crippen molar-refractivity contribution >= 4 is 17.0 Å². The fraction of sp³-hybridized carbons (Fsp3) is 0.233. The molecule has 0 radical (unpaired) electrons. The highest BCUT2D eigenvalue weighted by Crippen LogP contribution is 2.32. The van der Waals surface area contributed by atoms with E-state index in [9.17, 15) is 23.1 Å². The van der Waals surface area contributed by atoms with Gasteiger partial charge in [-0.15, -0.1) is 0 Å². The first-order chi connectivity index (χ1) is 20.5. The van der Waals surface area contributed by atoms with Gasteiger partial charge in [0.15, 0.2) is 0 Å². The highest BCUT2D eigenvalue weighted by molar-refractivity contribution is 5.92. The van der Waals surface area contributed by atoms with E-state index in [2.05, 4.69) is 9.97 Å². The van der Waals surface area contributed by atoms with E-state index in [0.29, 0.717) is 36.3 Å². The van der Waals surface area contributed by atoms with Crippen LogP contribution in [0.1, 0.15) is 39.5 Å². The molecule has 43 heavy (non-hydrogen) atoms. The molecule has 13 heteroatoms. The molecule has 0 unspecified atom stereocenters. The molecule has 1 atom stereocenters. The van der Waals surface area contributed by atoms with Gasteiger partial charge in [-0.2, -0.15) is 13.2 Å². The number of carboxylic acids is 1. The zero-order valence-corrected chi connectivity index (χ0v) is 22.2. The second-order valence-electron chi connectivity index (χ2n) is 9.98. The number of hydrogen-bond donors (Lipinski definition) is 1. The maximum atomic E-state index is 15.4. The number of furan rings is 1. The summed E-state index contributed by atoms with van der Waals surface area (Å²) in [7, 11) is 0. The Balaban J connectivity index is 1.25. The highest BCUT2D eigenvalue weighted by Gasteiger charge is 2.32. The number of nitrogens with zero attached hydrogens (tertiary/aromatic N) is 3. The second-order valence-corrected chi connectivity index (χ2v) is 9.98. The molecule has 222 valence electrons. The second kappa shape index (κ2) is 11.1. The van der Waals surface area contributed by atoms with Crippen LogP contribution in [0.2, 0.25) is 0 Å². The fourth-order valence-electron chi connectivity index (χ4n) is 4.76. The number of imidazole rings is 1. The zero-order chi connectivity index (χ0) is 30.3. The molecule has 1 aliphatic heterocycles. The maximum absolute atomic E-state index is 15.4. The molecule has 0 amide bonds. The lowest BCUT2D eigenvalue weighted by Gasteiger charge is -2.27. The molecule has 1 fully saturated rings. The van der Waals surface area contributed by atoms with Gasteiger partial charge < -0.3 is 23.6 Å².